The Balaban J connectivity index is 0.000000234. The van der Waals surface area contributed by atoms with E-state index in [4.69, 9.17) is 9.47 Å². The summed E-state index contributed by atoms with van der Waals surface area (Å²) in [4.78, 5) is 34.0. The molecule has 3 heterocycles. The fourth-order valence-corrected chi connectivity index (χ4v) is 2.94. The summed E-state index contributed by atoms with van der Waals surface area (Å²) in [5, 5.41) is 13.6. The molecule has 0 aliphatic carbocycles. The third-order valence-electron chi connectivity index (χ3n) is 4.48. The summed E-state index contributed by atoms with van der Waals surface area (Å²) in [5.74, 6) is 0.697. The topological polar surface area (TPSA) is 134 Å². The minimum Gasteiger partial charge on any atom is -0.380 e. The molecule has 0 atom stereocenters. The van der Waals surface area contributed by atoms with Crippen molar-refractivity contribution in [1.82, 2.24) is 19.5 Å². The van der Waals surface area contributed by atoms with Crippen LogP contribution in [0.25, 0.3) is 11.2 Å². The van der Waals surface area contributed by atoms with Gasteiger partial charge >= 0.3 is 5.69 Å². The Bertz CT molecular complexity index is 1070. The lowest BCUT2D eigenvalue weighted by atomic mass is 10.3. The van der Waals surface area contributed by atoms with Gasteiger partial charge in [0.2, 0.25) is 5.82 Å². The van der Waals surface area contributed by atoms with Crippen LogP contribution in [0.5, 0.6) is 0 Å². The number of nitrogens with zero attached hydrogens (tertiary/aromatic N) is 5. The molecule has 0 unspecified atom stereocenters. The fourth-order valence-electron chi connectivity index (χ4n) is 2.94. The highest BCUT2D eigenvalue weighted by molar-refractivity contribution is 5.80. The van der Waals surface area contributed by atoms with Gasteiger partial charge in [-0.25, -0.2) is 15.0 Å². The number of ether oxygens (including phenoxy) is 2. The second-order valence-corrected chi connectivity index (χ2v) is 6.93. The lowest BCUT2D eigenvalue weighted by molar-refractivity contribution is -0.384. The molecule has 3 rings (SSSR count). The van der Waals surface area contributed by atoms with Crippen molar-refractivity contribution in [2.24, 2.45) is 0 Å². The highest BCUT2D eigenvalue weighted by Crippen LogP contribution is 2.21. The maximum Gasteiger partial charge on any atom is 0.311 e. The molecule has 11 heteroatoms. The summed E-state index contributed by atoms with van der Waals surface area (Å²) in [7, 11) is 0. The minimum absolute atomic E-state index is 0.0119. The monoisotopic (exact) mass is 458 g/mol. The van der Waals surface area contributed by atoms with Gasteiger partial charge in [-0.2, -0.15) is 0 Å². The maximum absolute atomic E-state index is 11.0. The van der Waals surface area contributed by atoms with Crippen LogP contribution in [0.2, 0.25) is 0 Å². The molecule has 0 aliphatic heterocycles. The Morgan fingerprint density at radius 3 is 2.36 bits per heavy atom. The Hall–Kier alpha value is -3.44. The molecular formula is C22H30N6O5. The third-order valence-corrected chi connectivity index (χ3v) is 4.48. The van der Waals surface area contributed by atoms with Gasteiger partial charge in [0.25, 0.3) is 0 Å². The molecule has 11 nitrogen and oxygen atoms in total. The van der Waals surface area contributed by atoms with Crippen molar-refractivity contribution in [3.05, 3.63) is 51.6 Å². The Kier molecular flexibility index (Phi) is 10.3. The summed E-state index contributed by atoms with van der Waals surface area (Å²) in [6.07, 6.45) is 0.753. The number of nitro groups is 1. The first-order valence-corrected chi connectivity index (χ1v) is 10.7. The predicted octanol–water partition coefficient (Wildman–Crippen LogP) is 3.34. The third kappa shape index (κ3) is 7.58. The van der Waals surface area contributed by atoms with E-state index >= 15 is 0 Å². The van der Waals surface area contributed by atoms with Gasteiger partial charge in [0.1, 0.15) is 5.52 Å². The van der Waals surface area contributed by atoms with Crippen LogP contribution in [0, 0.1) is 24.0 Å². The number of nitrogens with one attached hydrogen (secondary N) is 1. The summed E-state index contributed by atoms with van der Waals surface area (Å²) in [6.45, 7) is 11.0. The second-order valence-electron chi connectivity index (χ2n) is 6.93. The quantitative estimate of drug-likeness (QED) is 0.199. The second kappa shape index (κ2) is 13.2. The summed E-state index contributed by atoms with van der Waals surface area (Å²) >= 11 is 0. The molecule has 0 radical (unpaired) electrons. The fraction of sp³-hybridized carbons (Fsp3) is 0.455. The summed E-state index contributed by atoms with van der Waals surface area (Å²) in [6, 6.07) is 6.83. The first kappa shape index (κ1) is 25.8. The molecule has 0 spiro atoms. The van der Waals surface area contributed by atoms with Gasteiger partial charge in [-0.15, -0.1) is 0 Å². The van der Waals surface area contributed by atoms with Crippen molar-refractivity contribution in [2.75, 3.05) is 38.3 Å². The van der Waals surface area contributed by atoms with E-state index in [1.54, 1.807) is 17.6 Å². The van der Waals surface area contributed by atoms with Gasteiger partial charge in [-0.05, 0) is 45.9 Å². The van der Waals surface area contributed by atoms with Crippen molar-refractivity contribution in [1.29, 1.82) is 0 Å². The van der Waals surface area contributed by atoms with Crippen molar-refractivity contribution < 1.29 is 19.2 Å². The Morgan fingerprint density at radius 1 is 1.03 bits per heavy atom. The number of carbonyl (C=O) groups excluding carboxylic acids is 1. The molecule has 0 amide bonds. The SMILES string of the molecule is CCOCCNc1nc(C)ccc1[N+](=O)[O-].CCOCCn1c(C=O)nc2ccc(C)nc21. The maximum atomic E-state index is 11.0. The average Bonchev–Trinajstić information content (AvgIpc) is 3.14. The van der Waals surface area contributed by atoms with Gasteiger partial charge in [0.15, 0.2) is 17.8 Å². The molecule has 178 valence electrons. The van der Waals surface area contributed by atoms with Crippen LogP contribution in [-0.4, -0.2) is 63.7 Å². The van der Waals surface area contributed by atoms with Gasteiger partial charge < -0.3 is 19.4 Å². The van der Waals surface area contributed by atoms with E-state index in [0.717, 1.165) is 28.8 Å². The predicted molar refractivity (Wildman–Crippen MR) is 125 cm³/mol. The number of fused-ring (bicyclic) bond motifs is 1. The standard InChI is InChI=1S/C12H15N3O2.C10H15N3O3/c1-3-17-7-6-15-11(8-16)14-10-5-4-9(2)13-12(10)15;1-3-16-7-6-11-10-9(13(14)15)5-4-8(2)12-10/h4-5,8H,3,6-7H2,1-2H3;4-5H,3,6-7H2,1-2H3,(H,11,12). The van der Waals surface area contributed by atoms with Gasteiger partial charge in [0.05, 0.1) is 18.1 Å². The molecule has 0 aromatic carbocycles. The molecular weight excluding hydrogens is 428 g/mol. The number of carbonyl (C=O) groups is 1. The number of anilines is 1. The van der Waals surface area contributed by atoms with E-state index in [9.17, 15) is 14.9 Å². The van der Waals surface area contributed by atoms with E-state index in [1.165, 1.54) is 6.07 Å². The molecule has 1 N–H and O–H groups in total. The first-order valence-electron chi connectivity index (χ1n) is 10.7. The molecule has 0 bridgehead atoms. The van der Waals surface area contributed by atoms with Crippen LogP contribution in [0.1, 0.15) is 35.9 Å². The van der Waals surface area contributed by atoms with E-state index in [1.807, 2.05) is 32.9 Å². The van der Waals surface area contributed by atoms with Gasteiger partial charge in [0, 0.05) is 43.8 Å². The number of aromatic nitrogens is 4. The molecule has 33 heavy (non-hydrogen) atoms. The van der Waals surface area contributed by atoms with Crippen LogP contribution in [-0.2, 0) is 16.0 Å². The average molecular weight is 459 g/mol. The van der Waals surface area contributed by atoms with Crippen LogP contribution >= 0.6 is 0 Å². The largest absolute Gasteiger partial charge is 0.380 e. The molecule has 0 fully saturated rings. The molecule has 0 saturated heterocycles. The zero-order valence-corrected chi connectivity index (χ0v) is 19.4. The Morgan fingerprint density at radius 2 is 1.70 bits per heavy atom. The normalized spacial score (nSPS) is 10.5. The number of imidazole rings is 1. The highest BCUT2D eigenvalue weighted by atomic mass is 16.6. The van der Waals surface area contributed by atoms with E-state index in [0.29, 0.717) is 51.2 Å². The number of aldehydes is 1. The molecule has 3 aromatic rings. The van der Waals surface area contributed by atoms with Crippen molar-refractivity contribution in [3.63, 3.8) is 0 Å². The number of hydrogen-bond acceptors (Lipinski definition) is 9. The van der Waals surface area contributed by atoms with E-state index < -0.39 is 4.92 Å². The number of pyridine rings is 2. The van der Waals surface area contributed by atoms with E-state index in [2.05, 4.69) is 20.3 Å². The molecule has 0 saturated carbocycles. The molecule has 3 aromatic heterocycles. The number of hydrogen-bond donors (Lipinski definition) is 1. The highest BCUT2D eigenvalue weighted by Gasteiger charge is 2.14. The smallest absolute Gasteiger partial charge is 0.311 e. The zero-order valence-electron chi connectivity index (χ0n) is 19.4. The van der Waals surface area contributed by atoms with Gasteiger partial charge in [-0.3, -0.25) is 14.9 Å². The lowest BCUT2D eigenvalue weighted by Crippen LogP contribution is -2.12. The first-order chi connectivity index (χ1) is 15.9. The van der Waals surface area contributed by atoms with Crippen LogP contribution in [0.15, 0.2) is 24.3 Å². The summed E-state index contributed by atoms with van der Waals surface area (Å²) < 4.78 is 12.2. The summed E-state index contributed by atoms with van der Waals surface area (Å²) in [5.41, 5.74) is 3.13. The van der Waals surface area contributed by atoms with Gasteiger partial charge in [-0.1, -0.05) is 0 Å². The van der Waals surface area contributed by atoms with Crippen LogP contribution in [0.4, 0.5) is 11.5 Å². The molecule has 0 aliphatic rings. The number of rotatable bonds is 11. The lowest BCUT2D eigenvalue weighted by Gasteiger charge is -2.06. The van der Waals surface area contributed by atoms with Crippen LogP contribution in [0.3, 0.4) is 0 Å². The van der Waals surface area contributed by atoms with Crippen molar-refractivity contribution >= 4 is 29.0 Å². The van der Waals surface area contributed by atoms with Crippen molar-refractivity contribution in [3.8, 4) is 0 Å². The van der Waals surface area contributed by atoms with Crippen LogP contribution < -0.4 is 5.32 Å². The minimum atomic E-state index is -0.449. The Labute approximate surface area is 192 Å². The van der Waals surface area contributed by atoms with E-state index in [-0.39, 0.29) is 5.69 Å². The zero-order chi connectivity index (χ0) is 24.2. The number of aryl methyl sites for hydroxylation is 2. The van der Waals surface area contributed by atoms with Crippen molar-refractivity contribution in [2.45, 2.75) is 34.2 Å².